The molecule has 0 aliphatic rings. The molecular formula is C15H25BrN2. The van der Waals surface area contributed by atoms with Crippen LogP contribution < -0.4 is 10.6 Å². The van der Waals surface area contributed by atoms with E-state index in [1.807, 2.05) is 0 Å². The number of halogens is 1. The van der Waals surface area contributed by atoms with Gasteiger partial charge in [-0.2, -0.15) is 0 Å². The van der Waals surface area contributed by atoms with Crippen LogP contribution in [0.25, 0.3) is 0 Å². The SMILES string of the molecule is CCCN(c1ccc(Br)cc1CC(C)N)C(C)C. The topological polar surface area (TPSA) is 29.3 Å². The molecule has 2 nitrogen and oxygen atoms in total. The first kappa shape index (κ1) is 15.5. The maximum atomic E-state index is 5.96. The van der Waals surface area contributed by atoms with Gasteiger partial charge in [-0.25, -0.2) is 0 Å². The highest BCUT2D eigenvalue weighted by Crippen LogP contribution is 2.27. The van der Waals surface area contributed by atoms with Crippen molar-refractivity contribution in [2.45, 2.75) is 52.6 Å². The van der Waals surface area contributed by atoms with Gasteiger partial charge in [-0.15, -0.1) is 0 Å². The normalized spacial score (nSPS) is 12.8. The standard InChI is InChI=1S/C15H25BrN2/c1-5-8-18(11(2)3)15-7-6-14(16)10-13(15)9-12(4)17/h6-7,10-12H,5,8-9,17H2,1-4H3. The molecule has 1 unspecified atom stereocenters. The van der Waals surface area contributed by atoms with Gasteiger partial charge in [-0.3, -0.25) is 0 Å². The van der Waals surface area contributed by atoms with E-state index in [0.29, 0.717) is 6.04 Å². The molecule has 1 rings (SSSR count). The van der Waals surface area contributed by atoms with Crippen molar-refractivity contribution in [3.8, 4) is 0 Å². The number of benzene rings is 1. The van der Waals surface area contributed by atoms with E-state index in [1.54, 1.807) is 0 Å². The number of nitrogens with two attached hydrogens (primary N) is 1. The lowest BCUT2D eigenvalue weighted by Crippen LogP contribution is -2.33. The first-order valence-corrected chi connectivity index (χ1v) is 7.55. The molecule has 18 heavy (non-hydrogen) atoms. The Morgan fingerprint density at radius 1 is 1.28 bits per heavy atom. The zero-order valence-corrected chi connectivity index (χ0v) is 13.5. The Morgan fingerprint density at radius 3 is 2.44 bits per heavy atom. The van der Waals surface area contributed by atoms with Crippen molar-refractivity contribution in [3.63, 3.8) is 0 Å². The summed E-state index contributed by atoms with van der Waals surface area (Å²) in [5, 5.41) is 0. The van der Waals surface area contributed by atoms with Gasteiger partial charge in [-0.05, 0) is 57.4 Å². The lowest BCUT2D eigenvalue weighted by molar-refractivity contribution is 0.661. The molecule has 3 heteroatoms. The minimum absolute atomic E-state index is 0.189. The summed E-state index contributed by atoms with van der Waals surface area (Å²) in [4.78, 5) is 2.46. The van der Waals surface area contributed by atoms with Gasteiger partial charge in [-0.1, -0.05) is 22.9 Å². The summed E-state index contributed by atoms with van der Waals surface area (Å²) in [7, 11) is 0. The summed E-state index contributed by atoms with van der Waals surface area (Å²) in [6.45, 7) is 9.86. The molecule has 0 saturated heterocycles. The van der Waals surface area contributed by atoms with Crippen LogP contribution in [-0.2, 0) is 6.42 Å². The average Bonchev–Trinajstić information content (AvgIpc) is 2.26. The Hall–Kier alpha value is -0.540. The highest BCUT2D eigenvalue weighted by Gasteiger charge is 2.14. The van der Waals surface area contributed by atoms with Gasteiger partial charge in [0.15, 0.2) is 0 Å². The Bertz CT molecular complexity index is 375. The van der Waals surface area contributed by atoms with Gasteiger partial charge in [0.05, 0.1) is 0 Å². The van der Waals surface area contributed by atoms with Crippen molar-refractivity contribution in [2.75, 3.05) is 11.4 Å². The highest BCUT2D eigenvalue weighted by molar-refractivity contribution is 9.10. The molecular weight excluding hydrogens is 288 g/mol. The summed E-state index contributed by atoms with van der Waals surface area (Å²) in [5.74, 6) is 0. The number of nitrogens with zero attached hydrogens (tertiary/aromatic N) is 1. The first-order valence-electron chi connectivity index (χ1n) is 6.76. The summed E-state index contributed by atoms with van der Waals surface area (Å²) in [5.41, 5.74) is 8.62. The molecule has 1 atom stereocenters. The van der Waals surface area contributed by atoms with Gasteiger partial charge in [0.2, 0.25) is 0 Å². The van der Waals surface area contributed by atoms with E-state index in [4.69, 9.17) is 5.73 Å². The van der Waals surface area contributed by atoms with Crippen molar-refractivity contribution in [1.82, 2.24) is 0 Å². The van der Waals surface area contributed by atoms with E-state index in [-0.39, 0.29) is 6.04 Å². The Labute approximate surface area is 120 Å². The van der Waals surface area contributed by atoms with Crippen LogP contribution in [0.15, 0.2) is 22.7 Å². The minimum atomic E-state index is 0.189. The monoisotopic (exact) mass is 312 g/mol. The molecule has 0 radical (unpaired) electrons. The molecule has 0 fully saturated rings. The maximum Gasteiger partial charge on any atom is 0.0402 e. The minimum Gasteiger partial charge on any atom is -0.369 e. The summed E-state index contributed by atoms with van der Waals surface area (Å²) in [6.07, 6.45) is 2.08. The molecule has 102 valence electrons. The van der Waals surface area contributed by atoms with Crippen LogP contribution in [0, 0.1) is 0 Å². The van der Waals surface area contributed by atoms with Crippen molar-refractivity contribution in [1.29, 1.82) is 0 Å². The zero-order chi connectivity index (χ0) is 13.7. The van der Waals surface area contributed by atoms with Crippen molar-refractivity contribution in [2.24, 2.45) is 5.73 Å². The van der Waals surface area contributed by atoms with E-state index in [1.165, 1.54) is 11.3 Å². The first-order chi connectivity index (χ1) is 8.45. The predicted octanol–water partition coefficient (Wildman–Crippen LogP) is 3.96. The van der Waals surface area contributed by atoms with Crippen LogP contribution in [0.3, 0.4) is 0 Å². The molecule has 0 saturated carbocycles. The Balaban J connectivity index is 3.11. The van der Waals surface area contributed by atoms with Gasteiger partial charge in [0.25, 0.3) is 0 Å². The van der Waals surface area contributed by atoms with Gasteiger partial charge >= 0.3 is 0 Å². The second-order valence-corrected chi connectivity index (χ2v) is 6.16. The van der Waals surface area contributed by atoms with Gasteiger partial charge in [0, 0.05) is 28.8 Å². The molecule has 2 N–H and O–H groups in total. The summed E-state index contributed by atoms with van der Waals surface area (Å²) in [6, 6.07) is 7.22. The van der Waals surface area contributed by atoms with Crippen molar-refractivity contribution >= 4 is 21.6 Å². The van der Waals surface area contributed by atoms with Crippen LogP contribution in [0.4, 0.5) is 5.69 Å². The highest BCUT2D eigenvalue weighted by atomic mass is 79.9. The van der Waals surface area contributed by atoms with Gasteiger partial charge in [0.1, 0.15) is 0 Å². The fourth-order valence-corrected chi connectivity index (χ4v) is 2.65. The third kappa shape index (κ3) is 4.29. The molecule has 0 bridgehead atoms. The molecule has 0 aliphatic heterocycles. The van der Waals surface area contributed by atoms with Crippen LogP contribution in [0.2, 0.25) is 0 Å². The fourth-order valence-electron chi connectivity index (χ4n) is 2.24. The third-order valence-electron chi connectivity index (χ3n) is 2.98. The lowest BCUT2D eigenvalue weighted by Gasteiger charge is -2.31. The van der Waals surface area contributed by atoms with E-state index in [9.17, 15) is 0 Å². The van der Waals surface area contributed by atoms with Crippen LogP contribution in [0.1, 0.15) is 39.7 Å². The van der Waals surface area contributed by atoms with Crippen molar-refractivity contribution < 1.29 is 0 Å². The van der Waals surface area contributed by atoms with E-state index < -0.39 is 0 Å². The molecule has 1 aromatic carbocycles. The zero-order valence-electron chi connectivity index (χ0n) is 11.9. The Kier molecular flexibility index (Phi) is 6.16. The molecule has 1 aromatic rings. The maximum absolute atomic E-state index is 5.96. The molecule has 0 heterocycles. The van der Waals surface area contributed by atoms with E-state index >= 15 is 0 Å². The predicted molar refractivity (Wildman–Crippen MR) is 84.3 cm³/mol. The second kappa shape index (κ2) is 7.15. The summed E-state index contributed by atoms with van der Waals surface area (Å²) >= 11 is 3.55. The average molecular weight is 313 g/mol. The van der Waals surface area contributed by atoms with E-state index in [0.717, 1.165) is 23.9 Å². The molecule has 0 amide bonds. The smallest absolute Gasteiger partial charge is 0.0402 e. The number of anilines is 1. The van der Waals surface area contributed by atoms with Crippen LogP contribution in [-0.4, -0.2) is 18.6 Å². The quantitative estimate of drug-likeness (QED) is 0.861. The fraction of sp³-hybridized carbons (Fsp3) is 0.600. The van der Waals surface area contributed by atoms with Crippen LogP contribution in [0.5, 0.6) is 0 Å². The summed E-state index contributed by atoms with van der Waals surface area (Å²) < 4.78 is 1.13. The third-order valence-corrected chi connectivity index (χ3v) is 3.47. The van der Waals surface area contributed by atoms with Crippen molar-refractivity contribution in [3.05, 3.63) is 28.2 Å². The number of hydrogen-bond acceptors (Lipinski definition) is 2. The lowest BCUT2D eigenvalue weighted by atomic mass is 10.0. The number of hydrogen-bond donors (Lipinski definition) is 1. The largest absolute Gasteiger partial charge is 0.369 e. The van der Waals surface area contributed by atoms with Gasteiger partial charge < -0.3 is 10.6 Å². The molecule has 0 aromatic heterocycles. The number of rotatable bonds is 6. The van der Waals surface area contributed by atoms with Crippen LogP contribution >= 0.6 is 15.9 Å². The Morgan fingerprint density at radius 2 is 1.94 bits per heavy atom. The molecule has 0 spiro atoms. The van der Waals surface area contributed by atoms with E-state index in [2.05, 4.69) is 66.7 Å². The second-order valence-electron chi connectivity index (χ2n) is 5.24. The molecule has 0 aliphatic carbocycles.